The van der Waals surface area contributed by atoms with Gasteiger partial charge in [0.25, 0.3) is 0 Å². The zero-order valence-corrected chi connectivity index (χ0v) is 11.5. The minimum atomic E-state index is 0.680. The highest BCUT2D eigenvalue weighted by Crippen LogP contribution is 2.29. The number of hydrogen-bond acceptors (Lipinski definition) is 1. The van der Waals surface area contributed by atoms with Crippen LogP contribution in [0.3, 0.4) is 0 Å². The zero-order chi connectivity index (χ0) is 12.4. The van der Waals surface area contributed by atoms with Gasteiger partial charge in [0.1, 0.15) is 0 Å². The van der Waals surface area contributed by atoms with Crippen LogP contribution in [-0.4, -0.2) is 40.9 Å². The molecule has 1 saturated heterocycles. The molecule has 3 aliphatic rings. The van der Waals surface area contributed by atoms with Crippen LogP contribution >= 0.6 is 0 Å². The van der Waals surface area contributed by atoms with Crippen LogP contribution in [0.1, 0.15) is 64.2 Å². The Kier molecular flexibility index (Phi) is 3.76. The summed E-state index contributed by atoms with van der Waals surface area (Å²) in [5.74, 6) is 0.855. The molecular formula is C15H27N3. The summed E-state index contributed by atoms with van der Waals surface area (Å²) in [6, 6.07) is 1.36. The van der Waals surface area contributed by atoms with E-state index in [0.717, 1.165) is 19.0 Å². The highest BCUT2D eigenvalue weighted by atomic mass is 15.4. The quantitative estimate of drug-likeness (QED) is 0.814. The van der Waals surface area contributed by atoms with Gasteiger partial charge in [0.15, 0.2) is 5.96 Å². The Bertz CT molecular complexity index is 262. The topological polar surface area (TPSA) is 30.3 Å². The van der Waals surface area contributed by atoms with Crippen molar-refractivity contribution < 1.29 is 0 Å². The molecule has 3 nitrogen and oxygen atoms in total. The predicted octanol–water partition coefficient (Wildman–Crippen LogP) is 3.20. The van der Waals surface area contributed by atoms with Crippen LogP contribution in [0.4, 0.5) is 0 Å². The monoisotopic (exact) mass is 249 g/mol. The summed E-state index contributed by atoms with van der Waals surface area (Å²) in [5, 5.41) is 8.49. The van der Waals surface area contributed by atoms with E-state index in [9.17, 15) is 0 Å². The maximum Gasteiger partial charge on any atom is 0.194 e. The summed E-state index contributed by atoms with van der Waals surface area (Å²) in [4.78, 5) is 4.82. The zero-order valence-electron chi connectivity index (χ0n) is 11.5. The molecule has 102 valence electrons. The Hall–Kier alpha value is -0.730. The van der Waals surface area contributed by atoms with Gasteiger partial charge in [0, 0.05) is 25.2 Å². The normalized spacial score (nSPS) is 28.1. The molecule has 0 spiro atoms. The van der Waals surface area contributed by atoms with Crippen molar-refractivity contribution >= 4 is 5.96 Å². The van der Waals surface area contributed by atoms with E-state index in [1.807, 2.05) is 0 Å². The molecule has 2 aliphatic carbocycles. The summed E-state index contributed by atoms with van der Waals surface area (Å²) in [7, 11) is 0. The van der Waals surface area contributed by atoms with Crippen LogP contribution < -0.4 is 0 Å². The highest BCUT2D eigenvalue weighted by molar-refractivity contribution is 5.79. The molecule has 18 heavy (non-hydrogen) atoms. The summed E-state index contributed by atoms with van der Waals surface area (Å²) in [6.45, 7) is 2.22. The highest BCUT2D eigenvalue weighted by Gasteiger charge is 2.35. The lowest BCUT2D eigenvalue weighted by Crippen LogP contribution is -2.44. The maximum atomic E-state index is 8.49. The van der Waals surface area contributed by atoms with E-state index in [1.165, 1.54) is 64.2 Å². The first-order chi connectivity index (χ1) is 8.86. The van der Waals surface area contributed by atoms with Crippen molar-refractivity contribution in [3.05, 3.63) is 0 Å². The minimum Gasteiger partial charge on any atom is -0.338 e. The molecule has 0 unspecified atom stereocenters. The van der Waals surface area contributed by atoms with Gasteiger partial charge in [-0.1, -0.05) is 38.5 Å². The van der Waals surface area contributed by atoms with Crippen molar-refractivity contribution in [2.45, 2.75) is 76.3 Å². The van der Waals surface area contributed by atoms with Crippen molar-refractivity contribution in [2.75, 3.05) is 13.1 Å². The summed E-state index contributed by atoms with van der Waals surface area (Å²) >= 11 is 0. The van der Waals surface area contributed by atoms with Gasteiger partial charge in [-0.15, -0.1) is 0 Å². The fraction of sp³-hybridized carbons (Fsp3) is 0.933. The van der Waals surface area contributed by atoms with E-state index >= 15 is 0 Å². The molecule has 0 radical (unpaired) electrons. The number of rotatable bonds is 2. The number of nitrogens with one attached hydrogen (secondary N) is 1. The van der Waals surface area contributed by atoms with Crippen molar-refractivity contribution in [2.24, 2.45) is 0 Å². The standard InChI is InChI=1S/C15H27N3/c16-15-17(13-7-3-1-4-8-13)11-12-18(15)14-9-5-2-6-10-14/h13-14,16H,1-12H2. The Balaban J connectivity index is 1.60. The smallest absolute Gasteiger partial charge is 0.194 e. The van der Waals surface area contributed by atoms with Gasteiger partial charge >= 0.3 is 0 Å². The lowest BCUT2D eigenvalue weighted by Gasteiger charge is -2.36. The van der Waals surface area contributed by atoms with Gasteiger partial charge in [-0.3, -0.25) is 5.41 Å². The van der Waals surface area contributed by atoms with E-state index in [1.54, 1.807) is 0 Å². The lowest BCUT2D eigenvalue weighted by molar-refractivity contribution is 0.249. The summed E-state index contributed by atoms with van der Waals surface area (Å²) in [6.07, 6.45) is 13.6. The van der Waals surface area contributed by atoms with E-state index in [4.69, 9.17) is 5.41 Å². The second-order valence-corrected chi connectivity index (χ2v) is 6.29. The molecule has 3 fully saturated rings. The van der Waals surface area contributed by atoms with Gasteiger partial charge in [-0.25, -0.2) is 0 Å². The molecular weight excluding hydrogens is 222 g/mol. The molecule has 0 aromatic heterocycles. The Morgan fingerprint density at radius 2 is 1.06 bits per heavy atom. The van der Waals surface area contributed by atoms with Gasteiger partial charge in [0.05, 0.1) is 0 Å². The molecule has 2 saturated carbocycles. The number of hydrogen-bond donors (Lipinski definition) is 1. The van der Waals surface area contributed by atoms with Crippen LogP contribution in [0.2, 0.25) is 0 Å². The van der Waals surface area contributed by atoms with Crippen LogP contribution in [0.15, 0.2) is 0 Å². The molecule has 0 amide bonds. The fourth-order valence-corrected chi connectivity index (χ4v) is 4.09. The number of nitrogens with zero attached hydrogens (tertiary/aromatic N) is 2. The van der Waals surface area contributed by atoms with E-state index in [0.29, 0.717) is 12.1 Å². The molecule has 1 N–H and O–H groups in total. The van der Waals surface area contributed by atoms with E-state index in [2.05, 4.69) is 9.80 Å². The SMILES string of the molecule is N=C1N(C2CCCCC2)CCN1C1CCCCC1. The average Bonchev–Trinajstić information content (AvgIpc) is 2.83. The van der Waals surface area contributed by atoms with Crippen molar-refractivity contribution in [1.29, 1.82) is 5.41 Å². The molecule has 0 bridgehead atoms. The van der Waals surface area contributed by atoms with E-state index < -0.39 is 0 Å². The first-order valence-corrected chi connectivity index (χ1v) is 7.98. The first-order valence-electron chi connectivity index (χ1n) is 7.98. The molecule has 0 aromatic rings. The Morgan fingerprint density at radius 3 is 1.44 bits per heavy atom. The molecule has 3 heteroatoms. The number of guanidine groups is 1. The molecule has 0 atom stereocenters. The Morgan fingerprint density at radius 1 is 0.667 bits per heavy atom. The molecule has 0 aromatic carbocycles. The molecule has 1 heterocycles. The van der Waals surface area contributed by atoms with E-state index in [-0.39, 0.29) is 0 Å². The van der Waals surface area contributed by atoms with Crippen molar-refractivity contribution in [1.82, 2.24) is 9.80 Å². The second-order valence-electron chi connectivity index (χ2n) is 6.29. The largest absolute Gasteiger partial charge is 0.338 e. The minimum absolute atomic E-state index is 0.680. The third kappa shape index (κ3) is 2.36. The van der Waals surface area contributed by atoms with Gasteiger partial charge in [-0.05, 0) is 25.7 Å². The fourth-order valence-electron chi connectivity index (χ4n) is 4.09. The average molecular weight is 249 g/mol. The second kappa shape index (κ2) is 5.50. The lowest BCUT2D eigenvalue weighted by atomic mass is 9.94. The molecule has 1 aliphatic heterocycles. The third-order valence-electron chi connectivity index (χ3n) is 5.16. The van der Waals surface area contributed by atoms with Crippen LogP contribution in [-0.2, 0) is 0 Å². The summed E-state index contributed by atoms with van der Waals surface area (Å²) < 4.78 is 0. The van der Waals surface area contributed by atoms with Crippen molar-refractivity contribution in [3.8, 4) is 0 Å². The van der Waals surface area contributed by atoms with Crippen LogP contribution in [0.25, 0.3) is 0 Å². The Labute approximate surface area is 111 Å². The van der Waals surface area contributed by atoms with Crippen LogP contribution in [0.5, 0.6) is 0 Å². The predicted molar refractivity (Wildman–Crippen MR) is 74.9 cm³/mol. The molecule has 3 rings (SSSR count). The third-order valence-corrected chi connectivity index (χ3v) is 5.16. The first kappa shape index (κ1) is 12.3. The summed E-state index contributed by atoms with van der Waals surface area (Å²) in [5.41, 5.74) is 0. The van der Waals surface area contributed by atoms with Gasteiger partial charge in [0.2, 0.25) is 0 Å². The van der Waals surface area contributed by atoms with Crippen LogP contribution in [0, 0.1) is 5.41 Å². The van der Waals surface area contributed by atoms with Crippen molar-refractivity contribution in [3.63, 3.8) is 0 Å². The van der Waals surface area contributed by atoms with Gasteiger partial charge < -0.3 is 9.80 Å². The maximum absolute atomic E-state index is 8.49. The van der Waals surface area contributed by atoms with Gasteiger partial charge in [-0.2, -0.15) is 0 Å².